The van der Waals surface area contributed by atoms with Crippen molar-refractivity contribution in [3.8, 4) is 0 Å². The van der Waals surface area contributed by atoms with Crippen LogP contribution >= 0.6 is 11.3 Å². The summed E-state index contributed by atoms with van der Waals surface area (Å²) in [5.41, 5.74) is 1.37. The minimum absolute atomic E-state index is 0.727. The summed E-state index contributed by atoms with van der Waals surface area (Å²) in [7, 11) is 1.92. The zero-order valence-corrected chi connectivity index (χ0v) is 14.7. The number of fused-ring (bicyclic) bond motifs is 1. The Balaban J connectivity index is 2.01. The fourth-order valence-electron chi connectivity index (χ4n) is 3.10. The van der Waals surface area contributed by atoms with Crippen LogP contribution in [0.2, 0.25) is 0 Å². The highest BCUT2D eigenvalue weighted by molar-refractivity contribution is 7.19. The second-order valence-electron chi connectivity index (χ2n) is 5.64. The molecule has 0 aromatic carbocycles. The van der Waals surface area contributed by atoms with Gasteiger partial charge in [-0.05, 0) is 18.4 Å². The smallest absolute Gasteiger partial charge is 0.228 e. The van der Waals surface area contributed by atoms with Crippen molar-refractivity contribution in [1.82, 2.24) is 14.9 Å². The van der Waals surface area contributed by atoms with Gasteiger partial charge in [0.25, 0.3) is 0 Å². The van der Waals surface area contributed by atoms with Crippen LogP contribution in [0.15, 0.2) is 0 Å². The minimum Gasteiger partial charge on any atom is -0.372 e. The summed E-state index contributed by atoms with van der Waals surface area (Å²) in [5.74, 6) is 1.68. The number of amides is 1. The molecule has 6 nitrogen and oxygen atoms in total. The molecule has 7 heteroatoms. The largest absolute Gasteiger partial charge is 0.372 e. The first-order valence-electron chi connectivity index (χ1n) is 8.16. The third-order valence-corrected chi connectivity index (χ3v) is 5.65. The van der Waals surface area contributed by atoms with E-state index in [2.05, 4.69) is 24.1 Å². The average molecular weight is 333 g/mol. The van der Waals surface area contributed by atoms with E-state index in [1.54, 1.807) is 16.2 Å². The molecule has 3 heterocycles. The van der Waals surface area contributed by atoms with Crippen LogP contribution in [0.5, 0.6) is 0 Å². The maximum Gasteiger partial charge on any atom is 0.228 e. The van der Waals surface area contributed by atoms with E-state index in [9.17, 15) is 4.79 Å². The molecule has 0 radical (unpaired) electrons. The molecule has 2 aromatic heterocycles. The molecular formula is C16H23N5OS. The highest BCUT2D eigenvalue weighted by Crippen LogP contribution is 2.36. The molecule has 1 aliphatic heterocycles. The van der Waals surface area contributed by atoms with E-state index in [0.29, 0.717) is 0 Å². The van der Waals surface area contributed by atoms with Gasteiger partial charge in [0.05, 0.1) is 5.39 Å². The number of aromatic nitrogens is 2. The molecule has 0 atom stereocenters. The SMILES string of the molecule is CCc1sc2nc(N3CCN(C=O)CC3)nc(NC)c2c1CC. The summed E-state index contributed by atoms with van der Waals surface area (Å²) in [5, 5.41) is 4.42. The molecule has 1 amide bonds. The first-order valence-corrected chi connectivity index (χ1v) is 8.97. The standard InChI is InChI=1S/C16H23N5OS/c1-4-11-12(5-2)23-15-13(11)14(17-3)18-16(19-15)21-8-6-20(10-22)7-9-21/h10H,4-9H2,1-3H3,(H,17,18,19). The van der Waals surface area contributed by atoms with Gasteiger partial charge in [-0.1, -0.05) is 13.8 Å². The Morgan fingerprint density at radius 3 is 2.48 bits per heavy atom. The Bertz CT molecular complexity index is 706. The van der Waals surface area contributed by atoms with Crippen LogP contribution in [0.1, 0.15) is 24.3 Å². The predicted octanol–water partition coefficient (Wildman–Crippen LogP) is 2.14. The molecule has 2 aromatic rings. The van der Waals surface area contributed by atoms with E-state index in [0.717, 1.165) is 62.0 Å². The average Bonchev–Trinajstić information content (AvgIpc) is 2.98. The Labute approximate surface area is 140 Å². The van der Waals surface area contributed by atoms with E-state index >= 15 is 0 Å². The molecule has 1 fully saturated rings. The molecular weight excluding hydrogens is 310 g/mol. The van der Waals surface area contributed by atoms with Crippen molar-refractivity contribution in [2.75, 3.05) is 43.4 Å². The molecule has 3 rings (SSSR count). The van der Waals surface area contributed by atoms with E-state index in [1.807, 2.05) is 7.05 Å². The molecule has 0 spiro atoms. The lowest BCUT2D eigenvalue weighted by Gasteiger charge is -2.32. The molecule has 1 aliphatic rings. The molecule has 1 N–H and O–H groups in total. The number of carbonyl (C=O) groups excluding carboxylic acids is 1. The van der Waals surface area contributed by atoms with Crippen LogP contribution in [0.3, 0.4) is 0 Å². The van der Waals surface area contributed by atoms with E-state index < -0.39 is 0 Å². The van der Waals surface area contributed by atoms with Gasteiger partial charge in [0.2, 0.25) is 12.4 Å². The Morgan fingerprint density at radius 2 is 1.91 bits per heavy atom. The third kappa shape index (κ3) is 2.85. The van der Waals surface area contributed by atoms with E-state index in [1.165, 1.54) is 15.8 Å². The number of anilines is 2. The van der Waals surface area contributed by atoms with Crippen LogP contribution in [-0.2, 0) is 17.6 Å². The number of piperazine rings is 1. The summed E-state index contributed by atoms with van der Waals surface area (Å²) < 4.78 is 0. The van der Waals surface area contributed by atoms with Gasteiger partial charge in [-0.15, -0.1) is 11.3 Å². The minimum atomic E-state index is 0.727. The maximum atomic E-state index is 10.9. The van der Waals surface area contributed by atoms with Gasteiger partial charge in [-0.2, -0.15) is 4.98 Å². The zero-order chi connectivity index (χ0) is 16.4. The van der Waals surface area contributed by atoms with Crippen molar-refractivity contribution in [3.63, 3.8) is 0 Å². The van der Waals surface area contributed by atoms with Crippen molar-refractivity contribution < 1.29 is 4.79 Å². The summed E-state index contributed by atoms with van der Waals surface area (Å²) in [4.78, 5) is 26.8. The lowest BCUT2D eigenvalue weighted by Crippen LogP contribution is -2.46. The van der Waals surface area contributed by atoms with E-state index in [4.69, 9.17) is 9.97 Å². The fourth-order valence-corrected chi connectivity index (χ4v) is 4.30. The van der Waals surface area contributed by atoms with Gasteiger partial charge in [0.15, 0.2) is 0 Å². The number of hydrogen-bond acceptors (Lipinski definition) is 6. The molecule has 23 heavy (non-hydrogen) atoms. The van der Waals surface area contributed by atoms with Crippen molar-refractivity contribution in [1.29, 1.82) is 0 Å². The number of thiophene rings is 1. The third-order valence-electron chi connectivity index (χ3n) is 4.38. The van der Waals surface area contributed by atoms with Crippen LogP contribution in [0, 0.1) is 0 Å². The molecule has 0 unspecified atom stereocenters. The number of carbonyl (C=O) groups is 1. The number of aryl methyl sites for hydroxylation is 2. The normalized spacial score (nSPS) is 15.3. The van der Waals surface area contributed by atoms with Crippen molar-refractivity contribution >= 4 is 39.7 Å². The van der Waals surface area contributed by atoms with Gasteiger partial charge in [0, 0.05) is 38.1 Å². The van der Waals surface area contributed by atoms with Gasteiger partial charge >= 0.3 is 0 Å². The van der Waals surface area contributed by atoms with Gasteiger partial charge in [-0.25, -0.2) is 4.98 Å². The fraction of sp³-hybridized carbons (Fsp3) is 0.562. The molecule has 0 bridgehead atoms. The zero-order valence-electron chi connectivity index (χ0n) is 13.9. The lowest BCUT2D eigenvalue weighted by molar-refractivity contribution is -0.118. The van der Waals surface area contributed by atoms with E-state index in [-0.39, 0.29) is 0 Å². The number of rotatable bonds is 5. The second-order valence-corrected chi connectivity index (χ2v) is 6.73. The summed E-state index contributed by atoms with van der Waals surface area (Å²) >= 11 is 1.78. The first-order chi connectivity index (χ1) is 11.2. The highest BCUT2D eigenvalue weighted by Gasteiger charge is 2.22. The second kappa shape index (κ2) is 6.70. The Hall–Kier alpha value is -1.89. The van der Waals surface area contributed by atoms with Crippen LogP contribution in [0.4, 0.5) is 11.8 Å². The molecule has 0 aliphatic carbocycles. The topological polar surface area (TPSA) is 61.4 Å². The Morgan fingerprint density at radius 1 is 1.17 bits per heavy atom. The Kier molecular flexibility index (Phi) is 4.66. The number of nitrogens with one attached hydrogen (secondary N) is 1. The van der Waals surface area contributed by atoms with Crippen LogP contribution in [-0.4, -0.2) is 54.5 Å². The van der Waals surface area contributed by atoms with Crippen molar-refractivity contribution in [3.05, 3.63) is 10.4 Å². The van der Waals surface area contributed by atoms with Gasteiger partial charge in [0.1, 0.15) is 10.6 Å². The predicted molar refractivity (Wildman–Crippen MR) is 95.6 cm³/mol. The van der Waals surface area contributed by atoms with Gasteiger partial charge in [-0.3, -0.25) is 4.79 Å². The molecule has 0 saturated carbocycles. The summed E-state index contributed by atoms with van der Waals surface area (Å²) in [6.07, 6.45) is 2.94. The highest BCUT2D eigenvalue weighted by atomic mass is 32.1. The van der Waals surface area contributed by atoms with Gasteiger partial charge < -0.3 is 15.1 Å². The van der Waals surface area contributed by atoms with Crippen LogP contribution < -0.4 is 10.2 Å². The monoisotopic (exact) mass is 333 g/mol. The van der Waals surface area contributed by atoms with Crippen molar-refractivity contribution in [2.24, 2.45) is 0 Å². The first kappa shape index (κ1) is 16.0. The maximum absolute atomic E-state index is 10.9. The number of nitrogens with zero attached hydrogens (tertiary/aromatic N) is 4. The quantitative estimate of drug-likeness (QED) is 0.850. The summed E-state index contributed by atoms with van der Waals surface area (Å²) in [6, 6.07) is 0. The lowest BCUT2D eigenvalue weighted by atomic mass is 10.1. The molecule has 1 saturated heterocycles. The number of hydrogen-bond donors (Lipinski definition) is 1. The van der Waals surface area contributed by atoms with Crippen molar-refractivity contribution in [2.45, 2.75) is 26.7 Å². The van der Waals surface area contributed by atoms with Crippen LogP contribution in [0.25, 0.3) is 10.2 Å². The summed E-state index contributed by atoms with van der Waals surface area (Å²) in [6.45, 7) is 7.39. The molecule has 124 valence electrons.